The third kappa shape index (κ3) is 4.63. The third-order valence-corrected chi connectivity index (χ3v) is 5.18. The van der Waals surface area contributed by atoms with Crippen molar-refractivity contribution in [3.8, 4) is 17.9 Å². The second kappa shape index (κ2) is 8.64. The maximum Gasteiger partial charge on any atom is 0.417 e. The fraction of sp³-hybridized carbons (Fsp3) is 0.115. The number of alkyl halides is 3. The molecule has 0 amide bonds. The van der Waals surface area contributed by atoms with Crippen molar-refractivity contribution in [2.45, 2.75) is 19.5 Å². The highest BCUT2D eigenvalue weighted by Crippen LogP contribution is 2.32. The smallest absolute Gasteiger partial charge is 0.294 e. The van der Waals surface area contributed by atoms with Gasteiger partial charge in [-0.25, -0.2) is 4.98 Å². The Morgan fingerprint density at radius 1 is 1.06 bits per heavy atom. The second-order valence-electron chi connectivity index (χ2n) is 7.44. The van der Waals surface area contributed by atoms with Gasteiger partial charge in [-0.05, 0) is 54.3 Å². The molecule has 0 spiro atoms. The molecule has 0 radical (unpaired) electrons. The van der Waals surface area contributed by atoms with Crippen LogP contribution in [0.2, 0.25) is 0 Å². The van der Waals surface area contributed by atoms with E-state index >= 15 is 0 Å². The van der Waals surface area contributed by atoms with Crippen LogP contribution in [0.4, 0.5) is 13.2 Å². The number of fused-ring (bicyclic) bond motifs is 1. The second-order valence-corrected chi connectivity index (χ2v) is 7.44. The molecular weight excluding hydrogens is 427 g/mol. The van der Waals surface area contributed by atoms with Crippen LogP contribution in [0, 0.1) is 30.1 Å². The number of hydrogen-bond donors (Lipinski definition) is 0. The summed E-state index contributed by atoms with van der Waals surface area (Å²) >= 11 is 0. The van der Waals surface area contributed by atoms with Gasteiger partial charge in [-0.3, -0.25) is 9.20 Å². The van der Waals surface area contributed by atoms with E-state index < -0.39 is 17.3 Å². The van der Waals surface area contributed by atoms with Crippen molar-refractivity contribution in [1.82, 2.24) is 9.38 Å². The number of hydrogen-bond acceptors (Lipinski definition) is 3. The van der Waals surface area contributed by atoms with E-state index in [0.717, 1.165) is 23.3 Å². The van der Waals surface area contributed by atoms with Gasteiger partial charge in [0.05, 0.1) is 23.4 Å². The maximum absolute atomic E-state index is 13.2. The molecule has 2 heterocycles. The first-order chi connectivity index (χ1) is 15.8. The molecule has 7 heteroatoms. The first-order valence-corrected chi connectivity index (χ1v) is 9.94. The number of rotatable bonds is 3. The largest absolute Gasteiger partial charge is 0.417 e. The van der Waals surface area contributed by atoms with E-state index in [9.17, 15) is 18.0 Å². The summed E-state index contributed by atoms with van der Waals surface area (Å²) in [6.07, 6.45) is -1.38. The summed E-state index contributed by atoms with van der Waals surface area (Å²) in [6, 6.07) is 15.5. The van der Waals surface area contributed by atoms with Gasteiger partial charge in [0.1, 0.15) is 11.3 Å². The molecule has 0 bridgehead atoms. The van der Waals surface area contributed by atoms with Gasteiger partial charge in [0.15, 0.2) is 5.78 Å². The molecular formula is C26H16F3N3O. The minimum absolute atomic E-state index is 0.185. The monoisotopic (exact) mass is 443 g/mol. The highest BCUT2D eigenvalue weighted by atomic mass is 19.4. The third-order valence-electron chi connectivity index (χ3n) is 5.18. The minimum atomic E-state index is -4.67. The molecule has 0 unspecified atom stereocenters. The Bertz CT molecular complexity index is 1480. The van der Waals surface area contributed by atoms with Gasteiger partial charge >= 0.3 is 6.18 Å². The van der Waals surface area contributed by atoms with Gasteiger partial charge in [0.2, 0.25) is 0 Å². The number of halogens is 3. The Hall–Kier alpha value is -4.36. The SMILES string of the molecule is Cc1ccc(C(=O)Cc2ccc(C#N)c(C(F)(F)F)c2)cc1C#Cc1cnc2ccccn12. The molecule has 0 fully saturated rings. The van der Waals surface area contributed by atoms with Gasteiger partial charge in [0, 0.05) is 23.7 Å². The molecule has 2 aromatic carbocycles. The lowest BCUT2D eigenvalue weighted by molar-refractivity contribution is -0.137. The number of pyridine rings is 1. The molecule has 0 saturated carbocycles. The summed E-state index contributed by atoms with van der Waals surface area (Å²) < 4.78 is 41.5. The van der Waals surface area contributed by atoms with E-state index in [-0.39, 0.29) is 17.8 Å². The van der Waals surface area contributed by atoms with Gasteiger partial charge in [-0.1, -0.05) is 30.2 Å². The number of benzene rings is 2. The topological polar surface area (TPSA) is 58.2 Å². The molecule has 2 aromatic heterocycles. The molecule has 4 rings (SSSR count). The van der Waals surface area contributed by atoms with Crippen LogP contribution in [0.25, 0.3) is 5.65 Å². The zero-order chi connectivity index (χ0) is 23.6. The predicted molar refractivity (Wildman–Crippen MR) is 117 cm³/mol. The molecule has 0 saturated heterocycles. The number of carbonyl (C=O) groups is 1. The van der Waals surface area contributed by atoms with Crippen LogP contribution in [0.15, 0.2) is 67.0 Å². The van der Waals surface area contributed by atoms with Crippen molar-refractivity contribution in [2.24, 2.45) is 0 Å². The number of nitrogens with zero attached hydrogens (tertiary/aromatic N) is 3. The van der Waals surface area contributed by atoms with Crippen molar-refractivity contribution >= 4 is 11.4 Å². The molecule has 0 aliphatic rings. The zero-order valence-electron chi connectivity index (χ0n) is 17.4. The fourth-order valence-electron chi connectivity index (χ4n) is 3.41. The average molecular weight is 443 g/mol. The lowest BCUT2D eigenvalue weighted by atomic mass is 9.96. The van der Waals surface area contributed by atoms with Crippen LogP contribution in [-0.2, 0) is 12.6 Å². The molecule has 0 N–H and O–H groups in total. The molecule has 4 nitrogen and oxygen atoms in total. The zero-order valence-corrected chi connectivity index (χ0v) is 17.4. The maximum atomic E-state index is 13.2. The van der Waals surface area contributed by atoms with Crippen LogP contribution >= 0.6 is 0 Å². The molecule has 33 heavy (non-hydrogen) atoms. The minimum Gasteiger partial charge on any atom is -0.294 e. The molecule has 162 valence electrons. The normalized spacial score (nSPS) is 11.0. The number of aryl methyl sites for hydroxylation is 1. The first kappa shape index (κ1) is 21.9. The Morgan fingerprint density at radius 3 is 2.64 bits per heavy atom. The van der Waals surface area contributed by atoms with Crippen LogP contribution in [0.5, 0.6) is 0 Å². The molecule has 0 aliphatic heterocycles. The van der Waals surface area contributed by atoms with Crippen LogP contribution in [-0.4, -0.2) is 15.2 Å². The number of ketones is 1. The van der Waals surface area contributed by atoms with E-state index in [0.29, 0.717) is 16.8 Å². The van der Waals surface area contributed by atoms with Gasteiger partial charge < -0.3 is 0 Å². The number of Topliss-reactive ketones (excluding diaryl/α,β-unsaturated/α-hetero) is 1. The number of aromatic nitrogens is 2. The lowest BCUT2D eigenvalue weighted by Crippen LogP contribution is -2.10. The Balaban J connectivity index is 1.61. The van der Waals surface area contributed by atoms with E-state index in [1.54, 1.807) is 24.4 Å². The van der Waals surface area contributed by atoms with E-state index in [2.05, 4.69) is 16.8 Å². The molecule has 4 aromatic rings. The summed E-state index contributed by atoms with van der Waals surface area (Å²) in [6.45, 7) is 1.86. The van der Waals surface area contributed by atoms with E-state index in [1.807, 2.05) is 35.7 Å². The quantitative estimate of drug-likeness (QED) is 0.317. The van der Waals surface area contributed by atoms with E-state index in [4.69, 9.17) is 5.26 Å². The lowest BCUT2D eigenvalue weighted by Gasteiger charge is -2.11. The van der Waals surface area contributed by atoms with Gasteiger partial charge in [0.25, 0.3) is 0 Å². The first-order valence-electron chi connectivity index (χ1n) is 9.94. The van der Waals surface area contributed by atoms with Crippen LogP contribution in [0.1, 0.15) is 43.9 Å². The Labute approximate surface area is 187 Å². The van der Waals surface area contributed by atoms with E-state index in [1.165, 1.54) is 12.1 Å². The van der Waals surface area contributed by atoms with Crippen LogP contribution in [0.3, 0.4) is 0 Å². The number of nitriles is 1. The van der Waals surface area contributed by atoms with Crippen molar-refractivity contribution in [2.75, 3.05) is 0 Å². The summed E-state index contributed by atoms with van der Waals surface area (Å²) in [5.74, 6) is 5.78. The molecule has 0 aliphatic carbocycles. The Morgan fingerprint density at radius 2 is 1.88 bits per heavy atom. The van der Waals surface area contributed by atoms with Gasteiger partial charge in [-0.2, -0.15) is 18.4 Å². The van der Waals surface area contributed by atoms with Crippen molar-refractivity contribution in [1.29, 1.82) is 5.26 Å². The average Bonchev–Trinajstić information content (AvgIpc) is 3.21. The highest BCUT2D eigenvalue weighted by Gasteiger charge is 2.33. The van der Waals surface area contributed by atoms with Gasteiger partial charge in [-0.15, -0.1) is 0 Å². The highest BCUT2D eigenvalue weighted by molar-refractivity contribution is 5.98. The number of imidazole rings is 1. The summed E-state index contributed by atoms with van der Waals surface area (Å²) in [4.78, 5) is 17.1. The predicted octanol–water partition coefficient (Wildman–Crippen LogP) is 5.36. The molecule has 0 atom stereocenters. The van der Waals surface area contributed by atoms with Crippen LogP contribution < -0.4 is 0 Å². The van der Waals surface area contributed by atoms with Crippen molar-refractivity contribution < 1.29 is 18.0 Å². The number of carbonyl (C=O) groups excluding carboxylic acids is 1. The summed E-state index contributed by atoms with van der Waals surface area (Å²) in [5, 5.41) is 8.93. The van der Waals surface area contributed by atoms with Crippen molar-refractivity contribution in [3.63, 3.8) is 0 Å². The fourth-order valence-corrected chi connectivity index (χ4v) is 3.41. The summed E-state index contributed by atoms with van der Waals surface area (Å²) in [5.41, 5.74) is 1.99. The van der Waals surface area contributed by atoms with Crippen molar-refractivity contribution in [3.05, 3.63) is 106 Å². The summed E-state index contributed by atoms with van der Waals surface area (Å²) in [7, 11) is 0. The Kier molecular flexibility index (Phi) is 5.72. The standard InChI is InChI=1S/C26H16F3N3O/c1-17-5-7-20(14-19(17)9-10-22-16-31-25-4-2-3-11-32(22)25)24(33)13-18-6-8-21(15-30)23(12-18)26(27,28)29/h2-8,11-12,14,16H,13H2,1H3.